The van der Waals surface area contributed by atoms with Crippen LogP contribution in [0.5, 0.6) is 5.75 Å². The highest BCUT2D eigenvalue weighted by molar-refractivity contribution is 7.98. The summed E-state index contributed by atoms with van der Waals surface area (Å²) in [5, 5.41) is 10.2. The van der Waals surface area contributed by atoms with E-state index in [-0.39, 0.29) is 6.10 Å². The molecule has 0 radical (unpaired) electrons. The van der Waals surface area contributed by atoms with E-state index < -0.39 is 0 Å². The van der Waals surface area contributed by atoms with Gasteiger partial charge < -0.3 is 9.84 Å². The van der Waals surface area contributed by atoms with Gasteiger partial charge in [-0.15, -0.1) is 0 Å². The topological polar surface area (TPSA) is 32.7 Å². The predicted molar refractivity (Wildman–Crippen MR) is 92.1 cm³/mol. The average molecular weight is 311 g/mol. The molecule has 1 N–H and O–H groups in total. The van der Waals surface area contributed by atoms with E-state index in [9.17, 15) is 5.11 Å². The largest absolute Gasteiger partial charge is 0.497 e. The fourth-order valence-corrected chi connectivity index (χ4v) is 3.27. The molecule has 0 aromatic heterocycles. The van der Waals surface area contributed by atoms with Gasteiger partial charge in [-0.1, -0.05) is 12.1 Å². The van der Waals surface area contributed by atoms with Crippen molar-refractivity contribution in [3.05, 3.63) is 29.8 Å². The Hall–Kier alpha value is -0.710. The Kier molecular flexibility index (Phi) is 8.15. The second-order valence-electron chi connectivity index (χ2n) is 5.90. The van der Waals surface area contributed by atoms with Gasteiger partial charge >= 0.3 is 0 Å². The summed E-state index contributed by atoms with van der Waals surface area (Å²) >= 11 is 1.78. The third-order valence-electron chi connectivity index (χ3n) is 3.49. The van der Waals surface area contributed by atoms with Crippen LogP contribution in [0.1, 0.15) is 33.3 Å². The molecule has 1 aromatic rings. The molecular weight excluding hydrogens is 282 g/mol. The van der Waals surface area contributed by atoms with E-state index in [1.165, 1.54) is 5.56 Å². The van der Waals surface area contributed by atoms with Crippen molar-refractivity contribution in [1.82, 2.24) is 4.90 Å². The van der Waals surface area contributed by atoms with E-state index in [1.54, 1.807) is 18.9 Å². The summed E-state index contributed by atoms with van der Waals surface area (Å²) in [5.41, 5.74) is 1.26. The van der Waals surface area contributed by atoms with Gasteiger partial charge in [0, 0.05) is 30.1 Å². The monoisotopic (exact) mass is 311 g/mol. The van der Waals surface area contributed by atoms with E-state index in [1.807, 2.05) is 12.1 Å². The van der Waals surface area contributed by atoms with Crippen molar-refractivity contribution in [2.24, 2.45) is 0 Å². The van der Waals surface area contributed by atoms with Crippen molar-refractivity contribution in [1.29, 1.82) is 0 Å². The van der Waals surface area contributed by atoms with Crippen LogP contribution in [0.15, 0.2) is 24.3 Å². The molecule has 0 aliphatic heterocycles. The first-order valence-corrected chi connectivity index (χ1v) is 8.74. The van der Waals surface area contributed by atoms with Gasteiger partial charge in [-0.05, 0) is 45.4 Å². The molecule has 0 saturated carbocycles. The number of aliphatic hydroxyl groups is 1. The zero-order valence-electron chi connectivity index (χ0n) is 13.9. The van der Waals surface area contributed by atoms with Crippen LogP contribution < -0.4 is 4.74 Å². The van der Waals surface area contributed by atoms with Gasteiger partial charge in [0.25, 0.3) is 0 Å². The smallest absolute Gasteiger partial charge is 0.118 e. The third-order valence-corrected chi connectivity index (χ3v) is 4.64. The number of hydrogen-bond acceptors (Lipinski definition) is 4. The Balaban J connectivity index is 2.33. The maximum Gasteiger partial charge on any atom is 0.118 e. The fraction of sp³-hybridized carbons (Fsp3) is 0.647. The Morgan fingerprint density at radius 2 is 1.67 bits per heavy atom. The second kappa shape index (κ2) is 9.34. The van der Waals surface area contributed by atoms with Crippen LogP contribution in [0.4, 0.5) is 0 Å². The normalized spacial score (nSPS) is 13.2. The minimum absolute atomic E-state index is 0.280. The first-order chi connectivity index (χ1) is 9.93. The molecule has 0 bridgehead atoms. The number of methoxy groups -OCH3 is 1. The lowest BCUT2D eigenvalue weighted by atomic mass is 10.2. The molecule has 1 aromatic carbocycles. The van der Waals surface area contributed by atoms with E-state index in [4.69, 9.17) is 4.74 Å². The average Bonchev–Trinajstić information content (AvgIpc) is 2.45. The SMILES string of the molecule is COc1ccc(CSCC(O)CN(C(C)C)C(C)C)cc1. The summed E-state index contributed by atoms with van der Waals surface area (Å²) in [5.74, 6) is 2.57. The second-order valence-corrected chi connectivity index (χ2v) is 6.93. The molecule has 1 atom stereocenters. The number of hydrogen-bond donors (Lipinski definition) is 1. The molecule has 4 heteroatoms. The molecule has 0 amide bonds. The number of nitrogens with zero attached hydrogens (tertiary/aromatic N) is 1. The predicted octanol–water partition coefficient (Wildman–Crippen LogP) is 3.41. The Morgan fingerprint density at radius 1 is 1.10 bits per heavy atom. The lowest BCUT2D eigenvalue weighted by Crippen LogP contribution is -2.42. The van der Waals surface area contributed by atoms with Gasteiger partial charge in [0.1, 0.15) is 5.75 Å². The van der Waals surface area contributed by atoms with E-state index in [0.29, 0.717) is 12.1 Å². The lowest BCUT2D eigenvalue weighted by Gasteiger charge is -2.32. The van der Waals surface area contributed by atoms with Gasteiger partial charge in [-0.25, -0.2) is 0 Å². The molecular formula is C17H29NO2S. The number of aliphatic hydroxyl groups excluding tert-OH is 1. The first kappa shape index (κ1) is 18.3. The van der Waals surface area contributed by atoms with Gasteiger partial charge in [0.15, 0.2) is 0 Å². The summed E-state index contributed by atoms with van der Waals surface area (Å²) in [4.78, 5) is 2.33. The van der Waals surface area contributed by atoms with Crippen molar-refractivity contribution in [3.8, 4) is 5.75 Å². The van der Waals surface area contributed by atoms with Crippen molar-refractivity contribution in [3.63, 3.8) is 0 Å². The minimum Gasteiger partial charge on any atom is -0.497 e. The van der Waals surface area contributed by atoms with Crippen molar-refractivity contribution in [2.75, 3.05) is 19.4 Å². The summed E-state index contributed by atoms with van der Waals surface area (Å²) in [6.45, 7) is 9.45. The maximum absolute atomic E-state index is 10.2. The third kappa shape index (κ3) is 6.72. The van der Waals surface area contributed by atoms with Crippen molar-refractivity contribution in [2.45, 2.75) is 51.6 Å². The minimum atomic E-state index is -0.280. The molecule has 0 aliphatic carbocycles. The Labute approximate surface area is 133 Å². The zero-order valence-corrected chi connectivity index (χ0v) is 14.7. The van der Waals surface area contributed by atoms with Crippen LogP contribution in [0.3, 0.4) is 0 Å². The van der Waals surface area contributed by atoms with Crippen LogP contribution in [-0.2, 0) is 5.75 Å². The molecule has 0 saturated heterocycles. The highest BCUT2D eigenvalue weighted by atomic mass is 32.2. The van der Waals surface area contributed by atoms with E-state index in [2.05, 4.69) is 44.7 Å². The van der Waals surface area contributed by atoms with E-state index >= 15 is 0 Å². The Morgan fingerprint density at radius 3 is 2.14 bits per heavy atom. The molecule has 1 rings (SSSR count). The molecule has 21 heavy (non-hydrogen) atoms. The molecule has 0 fully saturated rings. The van der Waals surface area contributed by atoms with Gasteiger partial charge in [-0.2, -0.15) is 11.8 Å². The molecule has 120 valence electrons. The summed E-state index contributed by atoms with van der Waals surface area (Å²) in [6, 6.07) is 9.04. The molecule has 0 spiro atoms. The van der Waals surface area contributed by atoms with Gasteiger partial charge in [0.05, 0.1) is 13.2 Å². The quantitative estimate of drug-likeness (QED) is 0.757. The number of benzene rings is 1. The van der Waals surface area contributed by atoms with Crippen LogP contribution in [0.25, 0.3) is 0 Å². The summed E-state index contributed by atoms with van der Waals surface area (Å²) < 4.78 is 5.15. The van der Waals surface area contributed by atoms with Crippen LogP contribution in [0, 0.1) is 0 Å². The van der Waals surface area contributed by atoms with Crippen molar-refractivity contribution >= 4 is 11.8 Å². The standard InChI is InChI=1S/C17H29NO2S/c1-13(2)18(14(3)4)10-16(19)12-21-11-15-6-8-17(20-5)9-7-15/h6-9,13-14,16,19H,10-12H2,1-5H3. The summed E-state index contributed by atoms with van der Waals surface area (Å²) in [7, 11) is 1.68. The highest BCUT2D eigenvalue weighted by Gasteiger charge is 2.17. The summed E-state index contributed by atoms with van der Waals surface area (Å²) in [6.07, 6.45) is -0.280. The molecule has 0 heterocycles. The lowest BCUT2D eigenvalue weighted by molar-refractivity contribution is 0.0887. The zero-order chi connectivity index (χ0) is 15.8. The number of thioether (sulfide) groups is 1. The Bertz CT molecular complexity index is 384. The van der Waals surface area contributed by atoms with Crippen molar-refractivity contribution < 1.29 is 9.84 Å². The maximum atomic E-state index is 10.2. The number of ether oxygens (including phenoxy) is 1. The van der Waals surface area contributed by atoms with Gasteiger partial charge in [-0.3, -0.25) is 4.90 Å². The van der Waals surface area contributed by atoms with Crippen LogP contribution >= 0.6 is 11.8 Å². The fourth-order valence-electron chi connectivity index (χ4n) is 2.35. The van der Waals surface area contributed by atoms with Gasteiger partial charge in [0.2, 0.25) is 0 Å². The highest BCUT2D eigenvalue weighted by Crippen LogP contribution is 2.18. The first-order valence-electron chi connectivity index (χ1n) is 7.58. The van der Waals surface area contributed by atoms with Crippen LogP contribution in [0.2, 0.25) is 0 Å². The molecule has 3 nitrogen and oxygen atoms in total. The van der Waals surface area contributed by atoms with Crippen LogP contribution in [-0.4, -0.2) is 47.6 Å². The molecule has 1 unspecified atom stereocenters. The molecule has 0 aliphatic rings. The van der Waals surface area contributed by atoms with E-state index in [0.717, 1.165) is 23.8 Å². The number of rotatable bonds is 9.